The van der Waals surface area contributed by atoms with E-state index in [1.165, 1.54) is 5.56 Å². The Kier molecular flexibility index (Phi) is 2.65. The maximum absolute atomic E-state index is 13.0. The van der Waals surface area contributed by atoms with E-state index in [1.807, 2.05) is 23.1 Å². The minimum Gasteiger partial charge on any atom is -0.352 e. The number of para-hydroxylation sites is 1. The molecular weight excluding hydrogens is 264 g/mol. The Morgan fingerprint density at radius 2 is 1.95 bits per heavy atom. The quantitative estimate of drug-likeness (QED) is 0.863. The van der Waals surface area contributed by atoms with Gasteiger partial charge < -0.3 is 10.2 Å². The lowest BCUT2D eigenvalue weighted by atomic mass is 10.0. The number of fused-ring (bicyclic) bond motifs is 1. The largest absolute Gasteiger partial charge is 0.352 e. The Balaban J connectivity index is 1.61. The maximum atomic E-state index is 13.0. The number of nitrogens with zero attached hydrogens (tertiary/aromatic N) is 1. The third kappa shape index (κ3) is 1.96. The number of nitrogens with one attached hydrogen (secondary N) is 1. The van der Waals surface area contributed by atoms with Crippen LogP contribution in [0.2, 0.25) is 0 Å². The van der Waals surface area contributed by atoms with Gasteiger partial charge in [0.25, 0.3) is 0 Å². The number of amides is 2. The lowest BCUT2D eigenvalue weighted by molar-refractivity contribution is -0.135. The number of rotatable bonds is 3. The molecule has 3 aliphatic rings. The van der Waals surface area contributed by atoms with Gasteiger partial charge in [0, 0.05) is 17.8 Å². The van der Waals surface area contributed by atoms with Gasteiger partial charge >= 0.3 is 0 Å². The molecule has 2 saturated carbocycles. The number of hydrogen-bond donors (Lipinski definition) is 1. The molecule has 1 aromatic carbocycles. The van der Waals surface area contributed by atoms with Crippen molar-refractivity contribution in [3.8, 4) is 0 Å². The van der Waals surface area contributed by atoms with Crippen molar-refractivity contribution in [3.63, 3.8) is 0 Å². The van der Waals surface area contributed by atoms with Crippen LogP contribution in [-0.4, -0.2) is 23.9 Å². The summed E-state index contributed by atoms with van der Waals surface area (Å²) in [6, 6.07) is 8.48. The highest BCUT2D eigenvalue weighted by Crippen LogP contribution is 2.50. The summed E-state index contributed by atoms with van der Waals surface area (Å²) in [6.07, 6.45) is 4.37. The topological polar surface area (TPSA) is 49.4 Å². The van der Waals surface area contributed by atoms with Crippen LogP contribution in [0.5, 0.6) is 0 Å². The molecular formula is C17H20N2O2. The van der Waals surface area contributed by atoms with Crippen molar-refractivity contribution < 1.29 is 9.59 Å². The maximum Gasteiger partial charge on any atom is 0.242 e. The average molecular weight is 284 g/mol. The van der Waals surface area contributed by atoms with Crippen molar-refractivity contribution in [2.24, 2.45) is 5.41 Å². The van der Waals surface area contributed by atoms with Gasteiger partial charge in [0.05, 0.1) is 0 Å². The summed E-state index contributed by atoms with van der Waals surface area (Å²) in [7, 11) is 0. The average Bonchev–Trinajstić information content (AvgIpc) is 3.35. The minimum absolute atomic E-state index is 0.00176. The lowest BCUT2D eigenvalue weighted by Crippen LogP contribution is -2.47. The van der Waals surface area contributed by atoms with E-state index in [0.29, 0.717) is 18.9 Å². The smallest absolute Gasteiger partial charge is 0.242 e. The van der Waals surface area contributed by atoms with Gasteiger partial charge in [-0.2, -0.15) is 0 Å². The second-order valence-corrected chi connectivity index (χ2v) is 6.69. The molecule has 1 N–H and O–H groups in total. The normalized spacial score (nSPS) is 25.4. The molecule has 4 heteroatoms. The van der Waals surface area contributed by atoms with Gasteiger partial charge in [0.2, 0.25) is 11.8 Å². The zero-order valence-electron chi connectivity index (χ0n) is 12.3. The third-order valence-electron chi connectivity index (χ3n) is 4.93. The molecule has 4 nitrogen and oxygen atoms in total. The van der Waals surface area contributed by atoms with Crippen molar-refractivity contribution in [3.05, 3.63) is 29.8 Å². The number of hydrogen-bond acceptors (Lipinski definition) is 2. The monoisotopic (exact) mass is 284 g/mol. The highest BCUT2D eigenvalue weighted by atomic mass is 16.2. The fourth-order valence-electron chi connectivity index (χ4n) is 3.32. The second-order valence-electron chi connectivity index (χ2n) is 6.69. The minimum atomic E-state index is -0.783. The molecule has 1 atom stereocenters. The second kappa shape index (κ2) is 4.33. The van der Waals surface area contributed by atoms with Crippen molar-refractivity contribution in [2.75, 3.05) is 4.90 Å². The Bertz CT molecular complexity index is 617. The summed E-state index contributed by atoms with van der Waals surface area (Å²) >= 11 is 0. The van der Waals surface area contributed by atoms with E-state index >= 15 is 0 Å². The highest BCUT2D eigenvalue weighted by Gasteiger charge is 2.59. The molecule has 1 unspecified atom stereocenters. The molecule has 0 aromatic heterocycles. The van der Waals surface area contributed by atoms with Gasteiger partial charge in [-0.15, -0.1) is 0 Å². The number of benzene rings is 1. The Morgan fingerprint density at radius 1 is 1.24 bits per heavy atom. The fourth-order valence-corrected chi connectivity index (χ4v) is 3.32. The molecule has 1 aromatic rings. The van der Waals surface area contributed by atoms with Gasteiger partial charge in [0.15, 0.2) is 0 Å². The molecule has 110 valence electrons. The summed E-state index contributed by atoms with van der Waals surface area (Å²) in [5.74, 6) is -0.0512. The van der Waals surface area contributed by atoms with Crippen molar-refractivity contribution in [1.29, 1.82) is 0 Å². The SMILES string of the molecule is CC1Cc2ccccc2N1C(=O)C1(C(=O)NC2CC2)CC1. The molecule has 0 saturated heterocycles. The van der Waals surface area contributed by atoms with E-state index in [-0.39, 0.29) is 17.9 Å². The first kappa shape index (κ1) is 12.9. The molecule has 0 spiro atoms. The van der Waals surface area contributed by atoms with E-state index in [4.69, 9.17) is 0 Å². The molecule has 21 heavy (non-hydrogen) atoms. The van der Waals surface area contributed by atoms with E-state index in [1.54, 1.807) is 0 Å². The predicted molar refractivity (Wildman–Crippen MR) is 79.9 cm³/mol. The van der Waals surface area contributed by atoms with Crippen LogP contribution >= 0.6 is 0 Å². The number of carbonyl (C=O) groups is 2. The van der Waals surface area contributed by atoms with Crippen LogP contribution in [0.4, 0.5) is 5.69 Å². The van der Waals surface area contributed by atoms with E-state index < -0.39 is 5.41 Å². The molecule has 1 aliphatic heterocycles. The number of anilines is 1. The van der Waals surface area contributed by atoms with Crippen LogP contribution in [0.3, 0.4) is 0 Å². The van der Waals surface area contributed by atoms with Crippen LogP contribution in [0, 0.1) is 5.41 Å². The summed E-state index contributed by atoms with van der Waals surface area (Å²) in [4.78, 5) is 27.3. The summed E-state index contributed by atoms with van der Waals surface area (Å²) in [5.41, 5.74) is 1.41. The van der Waals surface area contributed by atoms with Crippen LogP contribution in [-0.2, 0) is 16.0 Å². The van der Waals surface area contributed by atoms with Crippen LogP contribution in [0.1, 0.15) is 38.2 Å². The number of carbonyl (C=O) groups excluding carboxylic acids is 2. The molecule has 1 heterocycles. The Labute approximate surface area is 124 Å². The Hall–Kier alpha value is -1.84. The Morgan fingerprint density at radius 3 is 2.62 bits per heavy atom. The molecule has 2 aliphatic carbocycles. The van der Waals surface area contributed by atoms with Gasteiger partial charge in [0.1, 0.15) is 5.41 Å². The summed E-state index contributed by atoms with van der Waals surface area (Å²) < 4.78 is 0. The van der Waals surface area contributed by atoms with E-state index in [0.717, 1.165) is 24.9 Å². The predicted octanol–water partition coefficient (Wildman–Crippen LogP) is 2.02. The fraction of sp³-hybridized carbons (Fsp3) is 0.529. The van der Waals surface area contributed by atoms with Gasteiger partial charge in [-0.3, -0.25) is 9.59 Å². The zero-order chi connectivity index (χ0) is 14.6. The first-order chi connectivity index (χ1) is 10.1. The van der Waals surface area contributed by atoms with Crippen LogP contribution in [0.25, 0.3) is 0 Å². The van der Waals surface area contributed by atoms with E-state index in [9.17, 15) is 9.59 Å². The standard InChI is InChI=1S/C17H20N2O2/c1-11-10-12-4-2-3-5-14(12)19(11)16(21)17(8-9-17)15(20)18-13-6-7-13/h2-5,11,13H,6-10H2,1H3,(H,18,20). The van der Waals surface area contributed by atoms with Crippen molar-refractivity contribution >= 4 is 17.5 Å². The summed E-state index contributed by atoms with van der Waals surface area (Å²) in [5, 5.41) is 3.01. The van der Waals surface area contributed by atoms with Crippen LogP contribution in [0.15, 0.2) is 24.3 Å². The molecule has 0 radical (unpaired) electrons. The first-order valence-electron chi connectivity index (χ1n) is 7.84. The molecule has 2 fully saturated rings. The van der Waals surface area contributed by atoms with Gasteiger partial charge in [-0.1, -0.05) is 18.2 Å². The van der Waals surface area contributed by atoms with Gasteiger partial charge in [-0.25, -0.2) is 0 Å². The molecule has 4 rings (SSSR count). The molecule has 2 amide bonds. The third-order valence-corrected chi connectivity index (χ3v) is 4.93. The van der Waals surface area contributed by atoms with E-state index in [2.05, 4.69) is 18.3 Å². The van der Waals surface area contributed by atoms with Crippen LogP contribution < -0.4 is 10.2 Å². The zero-order valence-corrected chi connectivity index (χ0v) is 12.3. The van der Waals surface area contributed by atoms with Crippen molar-refractivity contribution in [2.45, 2.75) is 51.1 Å². The summed E-state index contributed by atoms with van der Waals surface area (Å²) in [6.45, 7) is 2.06. The van der Waals surface area contributed by atoms with Gasteiger partial charge in [-0.05, 0) is 50.7 Å². The lowest BCUT2D eigenvalue weighted by Gasteiger charge is -2.27. The first-order valence-corrected chi connectivity index (χ1v) is 7.84. The van der Waals surface area contributed by atoms with Crippen molar-refractivity contribution in [1.82, 2.24) is 5.32 Å². The highest BCUT2D eigenvalue weighted by molar-refractivity contribution is 6.15. The molecule has 0 bridgehead atoms.